The lowest BCUT2D eigenvalue weighted by Crippen LogP contribution is -2.39. The van der Waals surface area contributed by atoms with E-state index in [0.717, 1.165) is 18.3 Å². The van der Waals surface area contributed by atoms with Gasteiger partial charge in [-0.2, -0.15) is 0 Å². The monoisotopic (exact) mass is 428 g/mol. The van der Waals surface area contributed by atoms with Crippen LogP contribution in [-0.2, 0) is 0 Å². The molecule has 1 aromatic heterocycles. The summed E-state index contributed by atoms with van der Waals surface area (Å²) in [6.45, 7) is 1.48. The number of carbonyl (C=O) groups excluding carboxylic acids is 1. The van der Waals surface area contributed by atoms with Crippen LogP contribution in [0.3, 0.4) is 0 Å². The Bertz CT molecular complexity index is 1290. The number of aromatic nitrogens is 2. The molecule has 2 aliphatic heterocycles. The minimum Gasteiger partial charge on any atom is -0.378 e. The Hall–Kier alpha value is -3.78. The van der Waals surface area contributed by atoms with Gasteiger partial charge >= 0.3 is 0 Å². The lowest BCUT2D eigenvalue weighted by Gasteiger charge is -2.31. The minimum absolute atomic E-state index is 0.187. The van der Waals surface area contributed by atoms with Crippen LogP contribution in [0.15, 0.2) is 59.9 Å². The smallest absolute Gasteiger partial charge is 0.277 e. The van der Waals surface area contributed by atoms with E-state index in [1.165, 1.54) is 40.0 Å². The zero-order valence-electron chi connectivity index (χ0n) is 18.0. The van der Waals surface area contributed by atoms with Gasteiger partial charge in [0.1, 0.15) is 0 Å². The summed E-state index contributed by atoms with van der Waals surface area (Å²) in [5, 5.41) is 11.0. The fraction of sp³-hybridized carbons (Fsp3) is 0.250. The van der Waals surface area contributed by atoms with Crippen molar-refractivity contribution >= 4 is 23.1 Å². The van der Waals surface area contributed by atoms with Gasteiger partial charge in [-0.15, -0.1) is 0 Å². The van der Waals surface area contributed by atoms with Crippen molar-refractivity contribution in [2.24, 2.45) is 4.99 Å². The summed E-state index contributed by atoms with van der Waals surface area (Å²) < 4.78 is 0. The highest BCUT2D eigenvalue weighted by atomic mass is 16.5. The van der Waals surface area contributed by atoms with Crippen molar-refractivity contribution in [3.63, 3.8) is 0 Å². The lowest BCUT2D eigenvalue weighted by molar-refractivity contribution is 0.0705. The fourth-order valence-corrected chi connectivity index (χ4v) is 4.29. The van der Waals surface area contributed by atoms with Gasteiger partial charge in [-0.25, -0.2) is 15.4 Å². The first kappa shape index (κ1) is 20.1. The number of nitrogens with zero attached hydrogens (tertiary/aromatic N) is 5. The van der Waals surface area contributed by atoms with Gasteiger partial charge in [0, 0.05) is 50.5 Å². The molecule has 8 heteroatoms. The molecule has 2 N–H and O–H groups in total. The van der Waals surface area contributed by atoms with Crippen molar-refractivity contribution in [1.29, 1.82) is 0 Å². The molecule has 5 rings (SSSR count). The van der Waals surface area contributed by atoms with Crippen LogP contribution in [0.2, 0.25) is 0 Å². The summed E-state index contributed by atoms with van der Waals surface area (Å²) in [6.07, 6.45) is 3.74. The molecule has 0 spiro atoms. The number of hydrogen-bond acceptors (Lipinski definition) is 7. The predicted octanol–water partition coefficient (Wildman–Crippen LogP) is 1.39. The Balaban J connectivity index is 1.46. The topological polar surface area (TPSA) is 94.0 Å². The molecule has 1 atom stereocenters. The zero-order valence-corrected chi connectivity index (χ0v) is 18.0. The molecular weight excluding hydrogens is 404 g/mol. The third-order valence-corrected chi connectivity index (χ3v) is 6.08. The molecule has 32 heavy (non-hydrogen) atoms. The van der Waals surface area contributed by atoms with E-state index in [0.29, 0.717) is 12.5 Å². The number of fused-ring (bicyclic) bond motifs is 2. The largest absolute Gasteiger partial charge is 0.378 e. The average Bonchev–Trinajstić information content (AvgIpc) is 3.21. The highest BCUT2D eigenvalue weighted by molar-refractivity contribution is 5.92. The quantitative estimate of drug-likeness (QED) is 0.482. The van der Waals surface area contributed by atoms with Gasteiger partial charge in [0.15, 0.2) is 0 Å². The van der Waals surface area contributed by atoms with Crippen molar-refractivity contribution in [1.82, 2.24) is 15.4 Å². The Labute approximate surface area is 185 Å². The Morgan fingerprint density at radius 2 is 1.81 bits per heavy atom. The maximum absolute atomic E-state index is 11.5. The first-order chi connectivity index (χ1) is 15.5. The second-order valence-corrected chi connectivity index (χ2v) is 8.27. The van der Waals surface area contributed by atoms with Crippen LogP contribution < -0.4 is 25.9 Å². The van der Waals surface area contributed by atoms with Gasteiger partial charge in [0.25, 0.3) is 5.91 Å². The molecule has 0 aliphatic carbocycles. The molecule has 3 aromatic rings. The third kappa shape index (κ3) is 3.58. The second kappa shape index (κ2) is 8.05. The maximum Gasteiger partial charge on any atom is 0.277 e. The van der Waals surface area contributed by atoms with Gasteiger partial charge in [0.05, 0.1) is 17.0 Å². The molecule has 8 nitrogen and oxygen atoms in total. The number of carbonyl (C=O) groups is 1. The fourth-order valence-electron chi connectivity index (χ4n) is 4.29. The maximum atomic E-state index is 11.5. The number of hydrogen-bond donors (Lipinski definition) is 2. The summed E-state index contributed by atoms with van der Waals surface area (Å²) in [5.41, 5.74) is 6.61. The molecule has 0 radical (unpaired) electrons. The second-order valence-electron chi connectivity index (χ2n) is 8.27. The first-order valence-corrected chi connectivity index (χ1v) is 10.5. The summed E-state index contributed by atoms with van der Waals surface area (Å²) in [6, 6.07) is 15.2. The molecular formula is C24H24N6O2. The molecule has 2 aliphatic rings. The van der Waals surface area contributed by atoms with E-state index in [1.807, 2.05) is 14.1 Å². The van der Waals surface area contributed by atoms with Crippen molar-refractivity contribution in [3.8, 4) is 11.1 Å². The van der Waals surface area contributed by atoms with E-state index in [1.54, 1.807) is 5.48 Å². The van der Waals surface area contributed by atoms with Crippen LogP contribution in [0, 0.1) is 0 Å². The van der Waals surface area contributed by atoms with Crippen molar-refractivity contribution in [3.05, 3.63) is 71.0 Å². The average molecular weight is 428 g/mol. The third-order valence-electron chi connectivity index (χ3n) is 6.08. The summed E-state index contributed by atoms with van der Waals surface area (Å²) in [5.74, 6) is -0.0615. The summed E-state index contributed by atoms with van der Waals surface area (Å²) in [7, 11) is 4.08. The molecule has 1 unspecified atom stereocenters. The molecule has 2 aromatic carbocycles. The molecule has 3 heterocycles. The number of hydroxylamine groups is 1. The molecule has 1 saturated heterocycles. The Kier molecular flexibility index (Phi) is 5.07. The number of anilines is 2. The van der Waals surface area contributed by atoms with E-state index in [9.17, 15) is 4.79 Å². The van der Waals surface area contributed by atoms with Crippen molar-refractivity contribution < 1.29 is 10.0 Å². The van der Waals surface area contributed by atoms with E-state index >= 15 is 0 Å². The SMILES string of the molecule is CN(C)c1ccc(-c2ccc3c(c2)=C2CN(c4ncc(C(=O)NO)cn4)CCC2N=3)cc1. The number of amides is 1. The number of nitrogens with one attached hydrogen (secondary N) is 1. The van der Waals surface area contributed by atoms with E-state index in [4.69, 9.17) is 10.2 Å². The van der Waals surface area contributed by atoms with Crippen molar-refractivity contribution in [2.75, 3.05) is 37.0 Å². The van der Waals surface area contributed by atoms with Gasteiger partial charge in [-0.3, -0.25) is 15.0 Å². The number of rotatable bonds is 4. The van der Waals surface area contributed by atoms with Crippen LogP contribution in [-0.4, -0.2) is 54.3 Å². The van der Waals surface area contributed by atoms with Crippen LogP contribution >= 0.6 is 0 Å². The van der Waals surface area contributed by atoms with Gasteiger partial charge in [-0.05, 0) is 47.4 Å². The molecule has 162 valence electrons. The van der Waals surface area contributed by atoms with Gasteiger partial charge < -0.3 is 9.80 Å². The van der Waals surface area contributed by atoms with Crippen LogP contribution in [0.1, 0.15) is 16.8 Å². The predicted molar refractivity (Wildman–Crippen MR) is 122 cm³/mol. The molecule has 1 amide bonds. The highest BCUT2D eigenvalue weighted by Crippen LogP contribution is 2.25. The zero-order chi connectivity index (χ0) is 22.2. The highest BCUT2D eigenvalue weighted by Gasteiger charge is 2.28. The van der Waals surface area contributed by atoms with Gasteiger partial charge in [-0.1, -0.05) is 18.2 Å². The van der Waals surface area contributed by atoms with Crippen LogP contribution in [0.5, 0.6) is 0 Å². The lowest BCUT2D eigenvalue weighted by atomic mass is 9.97. The van der Waals surface area contributed by atoms with Crippen LogP contribution in [0.4, 0.5) is 11.6 Å². The van der Waals surface area contributed by atoms with E-state index in [-0.39, 0.29) is 11.6 Å². The normalized spacial score (nSPS) is 16.8. The standard InChI is InChI=1S/C24H24N6O2/c1-29(2)18-6-3-15(4-7-18)16-5-8-21-19(11-16)20-14-30(10-9-22(20)27-21)24-25-12-17(13-26-24)23(31)28-32/h3-8,11-13,22,32H,9-10,14H2,1-2H3,(H,28,31). The minimum atomic E-state index is -0.626. The Morgan fingerprint density at radius 1 is 1.09 bits per heavy atom. The van der Waals surface area contributed by atoms with Crippen LogP contribution in [0.25, 0.3) is 16.7 Å². The van der Waals surface area contributed by atoms with Gasteiger partial charge in [0.2, 0.25) is 5.95 Å². The summed E-state index contributed by atoms with van der Waals surface area (Å²) >= 11 is 0. The summed E-state index contributed by atoms with van der Waals surface area (Å²) in [4.78, 5) is 29.3. The van der Waals surface area contributed by atoms with E-state index < -0.39 is 5.91 Å². The molecule has 0 saturated carbocycles. The molecule has 0 bridgehead atoms. The number of benzene rings is 2. The molecule has 1 fully saturated rings. The first-order valence-electron chi connectivity index (χ1n) is 10.5. The Morgan fingerprint density at radius 3 is 2.50 bits per heavy atom. The number of piperidine rings is 1. The van der Waals surface area contributed by atoms with Crippen molar-refractivity contribution in [2.45, 2.75) is 12.5 Å². The van der Waals surface area contributed by atoms with E-state index in [2.05, 4.69) is 62.2 Å².